The summed E-state index contributed by atoms with van der Waals surface area (Å²) < 4.78 is 0. The van der Waals surface area contributed by atoms with Crippen LogP contribution >= 0.6 is 0 Å². The second kappa shape index (κ2) is 4.65. The van der Waals surface area contributed by atoms with Gasteiger partial charge in [-0.05, 0) is 12.8 Å². The molecule has 1 fully saturated rings. The number of aryl methyl sites for hydroxylation is 1. The van der Waals surface area contributed by atoms with E-state index in [1.165, 1.54) is 0 Å². The number of imidazole rings is 1. The molecule has 0 aliphatic heterocycles. The van der Waals surface area contributed by atoms with Crippen LogP contribution in [0.15, 0.2) is 6.20 Å². The van der Waals surface area contributed by atoms with Crippen LogP contribution in [0.25, 0.3) is 0 Å². The Labute approximate surface area is 94.5 Å². The van der Waals surface area contributed by atoms with Gasteiger partial charge in [0.1, 0.15) is 11.5 Å². The molecule has 0 atom stereocenters. The molecule has 0 radical (unpaired) electrons. The van der Waals surface area contributed by atoms with Crippen LogP contribution in [0, 0.1) is 0 Å². The maximum Gasteiger partial charge on any atom is 0.272 e. The molecule has 88 valence electrons. The minimum absolute atomic E-state index is 0.0109. The molecule has 5 heteroatoms. The molecule has 2 N–H and O–H groups in total. The highest BCUT2D eigenvalue weighted by Crippen LogP contribution is 2.27. The Bertz CT molecular complexity index is 371. The number of hydrogen-bond donors (Lipinski definition) is 2. The lowest BCUT2D eigenvalue weighted by Crippen LogP contribution is -2.35. The second-order valence-electron chi connectivity index (χ2n) is 4.05. The minimum Gasteiger partial charge on any atom is -0.395 e. The van der Waals surface area contributed by atoms with Gasteiger partial charge in [-0.3, -0.25) is 4.79 Å². The van der Waals surface area contributed by atoms with E-state index in [9.17, 15) is 4.79 Å². The zero-order valence-electron chi connectivity index (χ0n) is 9.44. The predicted molar refractivity (Wildman–Crippen MR) is 59.1 cm³/mol. The van der Waals surface area contributed by atoms with Crippen molar-refractivity contribution in [2.45, 2.75) is 32.2 Å². The van der Waals surface area contributed by atoms with E-state index in [-0.39, 0.29) is 12.5 Å². The first-order valence-corrected chi connectivity index (χ1v) is 5.72. The van der Waals surface area contributed by atoms with Crippen LogP contribution in [0.2, 0.25) is 0 Å². The molecule has 1 aromatic heterocycles. The molecule has 2 rings (SSSR count). The van der Waals surface area contributed by atoms with Gasteiger partial charge in [0.2, 0.25) is 0 Å². The van der Waals surface area contributed by atoms with E-state index in [2.05, 4.69) is 9.97 Å². The molecule has 5 nitrogen and oxygen atoms in total. The van der Waals surface area contributed by atoms with E-state index in [0.717, 1.165) is 25.1 Å². The maximum absolute atomic E-state index is 12.1. The number of aliphatic hydroxyl groups is 1. The molecule has 1 heterocycles. The fourth-order valence-electron chi connectivity index (χ4n) is 1.75. The van der Waals surface area contributed by atoms with Crippen molar-refractivity contribution in [1.29, 1.82) is 0 Å². The predicted octanol–water partition coefficient (Wildman–Crippen LogP) is 0.569. The molecule has 0 aromatic carbocycles. The van der Waals surface area contributed by atoms with Gasteiger partial charge in [-0.15, -0.1) is 0 Å². The summed E-state index contributed by atoms with van der Waals surface area (Å²) in [6, 6.07) is 0.313. The van der Waals surface area contributed by atoms with Gasteiger partial charge < -0.3 is 15.0 Å². The van der Waals surface area contributed by atoms with E-state index >= 15 is 0 Å². The zero-order valence-corrected chi connectivity index (χ0v) is 9.44. The van der Waals surface area contributed by atoms with Crippen LogP contribution in [0.3, 0.4) is 0 Å². The third-order valence-corrected chi connectivity index (χ3v) is 2.78. The fraction of sp³-hybridized carbons (Fsp3) is 0.636. The first kappa shape index (κ1) is 11.1. The number of amides is 1. The average molecular weight is 223 g/mol. The van der Waals surface area contributed by atoms with Crippen LogP contribution in [0.4, 0.5) is 0 Å². The van der Waals surface area contributed by atoms with E-state index in [4.69, 9.17) is 5.11 Å². The molecule has 1 aliphatic carbocycles. The number of nitrogens with zero attached hydrogens (tertiary/aromatic N) is 2. The number of aromatic nitrogens is 2. The van der Waals surface area contributed by atoms with Gasteiger partial charge in [-0.2, -0.15) is 0 Å². The van der Waals surface area contributed by atoms with Gasteiger partial charge in [-0.25, -0.2) is 4.98 Å². The molecule has 1 saturated carbocycles. The Morgan fingerprint density at radius 1 is 1.69 bits per heavy atom. The van der Waals surface area contributed by atoms with Crippen LogP contribution in [0.1, 0.15) is 36.1 Å². The highest BCUT2D eigenvalue weighted by Gasteiger charge is 2.33. The summed E-state index contributed by atoms with van der Waals surface area (Å²) in [6.45, 7) is 2.40. The number of hydrogen-bond acceptors (Lipinski definition) is 3. The summed E-state index contributed by atoms with van der Waals surface area (Å²) in [5.74, 6) is 0.770. The largest absolute Gasteiger partial charge is 0.395 e. The summed E-state index contributed by atoms with van der Waals surface area (Å²) in [4.78, 5) is 20.9. The summed E-state index contributed by atoms with van der Waals surface area (Å²) in [5, 5.41) is 8.94. The summed E-state index contributed by atoms with van der Waals surface area (Å²) in [7, 11) is 0. The Kier molecular flexibility index (Phi) is 3.24. The van der Waals surface area contributed by atoms with E-state index < -0.39 is 0 Å². The number of carbonyl (C=O) groups excluding carboxylic acids is 1. The van der Waals surface area contributed by atoms with Crippen LogP contribution in [0.5, 0.6) is 0 Å². The monoisotopic (exact) mass is 223 g/mol. The lowest BCUT2D eigenvalue weighted by molar-refractivity contribution is 0.0702. The molecule has 0 bridgehead atoms. The molecule has 0 spiro atoms. The minimum atomic E-state index is -0.0521. The lowest BCUT2D eigenvalue weighted by Gasteiger charge is -2.20. The second-order valence-corrected chi connectivity index (χ2v) is 4.05. The van der Waals surface area contributed by atoms with E-state index in [1.54, 1.807) is 11.1 Å². The van der Waals surface area contributed by atoms with Gasteiger partial charge in [-0.1, -0.05) is 6.92 Å². The molecule has 0 saturated heterocycles. The number of carbonyl (C=O) groups is 1. The van der Waals surface area contributed by atoms with Crippen molar-refractivity contribution >= 4 is 5.91 Å². The quantitative estimate of drug-likeness (QED) is 0.766. The highest BCUT2D eigenvalue weighted by atomic mass is 16.3. The third kappa shape index (κ3) is 2.24. The number of nitrogens with one attached hydrogen (secondary N) is 1. The molecule has 1 aromatic rings. The van der Waals surface area contributed by atoms with Crippen molar-refractivity contribution < 1.29 is 9.90 Å². The summed E-state index contributed by atoms with van der Waals surface area (Å²) in [5.41, 5.74) is 0.525. The molecule has 1 amide bonds. The van der Waals surface area contributed by atoms with Gasteiger partial charge in [0.25, 0.3) is 5.91 Å². The molecular formula is C11H17N3O2. The van der Waals surface area contributed by atoms with Gasteiger partial charge in [0.05, 0.1) is 12.8 Å². The normalized spacial score (nSPS) is 15.1. The number of aliphatic hydroxyl groups excluding tert-OH is 1. The van der Waals surface area contributed by atoms with Crippen molar-refractivity contribution in [1.82, 2.24) is 14.9 Å². The molecular weight excluding hydrogens is 206 g/mol. The Morgan fingerprint density at radius 2 is 2.44 bits per heavy atom. The number of rotatable bonds is 5. The Morgan fingerprint density at radius 3 is 2.94 bits per heavy atom. The van der Waals surface area contributed by atoms with Crippen molar-refractivity contribution in [3.05, 3.63) is 17.7 Å². The average Bonchev–Trinajstić information content (AvgIpc) is 3.02. The van der Waals surface area contributed by atoms with E-state index in [0.29, 0.717) is 18.3 Å². The number of H-pyrrole nitrogens is 1. The van der Waals surface area contributed by atoms with Crippen molar-refractivity contribution in [3.63, 3.8) is 0 Å². The van der Waals surface area contributed by atoms with Crippen molar-refractivity contribution in [2.75, 3.05) is 13.2 Å². The Hall–Kier alpha value is -1.36. The molecule has 1 aliphatic rings. The van der Waals surface area contributed by atoms with Gasteiger partial charge in [0.15, 0.2) is 0 Å². The van der Waals surface area contributed by atoms with Gasteiger partial charge in [0, 0.05) is 19.0 Å². The van der Waals surface area contributed by atoms with E-state index in [1.807, 2.05) is 6.92 Å². The Balaban J connectivity index is 2.09. The van der Waals surface area contributed by atoms with Crippen molar-refractivity contribution in [3.8, 4) is 0 Å². The van der Waals surface area contributed by atoms with Crippen LogP contribution in [-0.2, 0) is 6.42 Å². The molecule has 16 heavy (non-hydrogen) atoms. The topological polar surface area (TPSA) is 69.2 Å². The molecule has 0 unspecified atom stereocenters. The zero-order chi connectivity index (χ0) is 11.5. The van der Waals surface area contributed by atoms with Crippen molar-refractivity contribution in [2.24, 2.45) is 0 Å². The van der Waals surface area contributed by atoms with Crippen LogP contribution in [-0.4, -0.2) is 45.1 Å². The standard InChI is InChI=1S/C11H17N3O2/c1-2-10-12-7-9(13-10)11(16)14(5-6-15)8-3-4-8/h7-8,15H,2-6H2,1H3,(H,12,13). The van der Waals surface area contributed by atoms with Gasteiger partial charge >= 0.3 is 0 Å². The highest BCUT2D eigenvalue weighted by molar-refractivity contribution is 5.92. The smallest absolute Gasteiger partial charge is 0.272 e. The first-order valence-electron chi connectivity index (χ1n) is 5.72. The lowest BCUT2D eigenvalue weighted by atomic mass is 10.3. The third-order valence-electron chi connectivity index (χ3n) is 2.78. The first-order chi connectivity index (χ1) is 7.76. The SMILES string of the molecule is CCc1ncc(C(=O)N(CCO)C2CC2)[nH]1. The van der Waals surface area contributed by atoms with Crippen LogP contribution < -0.4 is 0 Å². The maximum atomic E-state index is 12.1. The fourth-order valence-corrected chi connectivity index (χ4v) is 1.75. The number of aromatic amines is 1. The summed E-state index contributed by atoms with van der Waals surface area (Å²) in [6.07, 6.45) is 4.45. The summed E-state index contributed by atoms with van der Waals surface area (Å²) >= 11 is 0.